The topological polar surface area (TPSA) is 72.0 Å². The molecule has 0 bridgehead atoms. The highest BCUT2D eigenvalue weighted by atomic mass is 16.5. The Hall–Kier alpha value is -2.10. The lowest BCUT2D eigenvalue weighted by molar-refractivity contribution is 0.287. The van der Waals surface area contributed by atoms with Gasteiger partial charge in [-0.2, -0.15) is 0 Å². The van der Waals surface area contributed by atoms with Crippen molar-refractivity contribution in [3.63, 3.8) is 0 Å². The molecular formula is C16H21N3O. The summed E-state index contributed by atoms with van der Waals surface area (Å²) in [6.07, 6.45) is 3.49. The van der Waals surface area contributed by atoms with Gasteiger partial charge >= 0.3 is 0 Å². The van der Waals surface area contributed by atoms with Crippen LogP contribution in [0.4, 0.5) is 0 Å². The summed E-state index contributed by atoms with van der Waals surface area (Å²) in [5.41, 5.74) is 6.24. The highest BCUT2D eigenvalue weighted by Crippen LogP contribution is 2.23. The molecule has 1 aromatic heterocycles. The second kappa shape index (κ2) is 5.90. The van der Waals surface area contributed by atoms with Crippen molar-refractivity contribution in [2.75, 3.05) is 6.61 Å². The molecule has 0 spiro atoms. The number of hydrogen-bond donors (Lipinski definition) is 2. The van der Waals surface area contributed by atoms with E-state index in [4.69, 9.17) is 15.9 Å². The summed E-state index contributed by atoms with van der Waals surface area (Å²) >= 11 is 0. The molecule has 0 saturated heterocycles. The zero-order chi connectivity index (χ0) is 14.6. The van der Waals surface area contributed by atoms with E-state index >= 15 is 0 Å². The van der Waals surface area contributed by atoms with Gasteiger partial charge in [-0.25, -0.2) is 0 Å². The minimum Gasteiger partial charge on any atom is -0.494 e. The van der Waals surface area contributed by atoms with Gasteiger partial charge in [-0.15, -0.1) is 0 Å². The molecule has 4 heteroatoms. The summed E-state index contributed by atoms with van der Waals surface area (Å²) in [7, 11) is 0. The Labute approximate surface area is 119 Å². The van der Waals surface area contributed by atoms with Crippen LogP contribution < -0.4 is 10.5 Å². The summed E-state index contributed by atoms with van der Waals surface area (Å²) in [5.74, 6) is 1.06. The normalized spacial score (nSPS) is 11.5. The fourth-order valence-corrected chi connectivity index (χ4v) is 1.97. The first-order valence-electron chi connectivity index (χ1n) is 6.81. The highest BCUT2D eigenvalue weighted by molar-refractivity contribution is 5.82. The van der Waals surface area contributed by atoms with Gasteiger partial charge in [0.05, 0.1) is 18.0 Å². The largest absolute Gasteiger partial charge is 0.494 e. The summed E-state index contributed by atoms with van der Waals surface area (Å²) in [4.78, 5) is 4.31. The first-order chi connectivity index (χ1) is 9.49. The first kappa shape index (κ1) is 14.3. The van der Waals surface area contributed by atoms with Crippen LogP contribution in [0.5, 0.6) is 5.75 Å². The minimum absolute atomic E-state index is 0.229. The van der Waals surface area contributed by atoms with Crippen LogP contribution in [-0.2, 0) is 0 Å². The molecule has 4 nitrogen and oxygen atoms in total. The number of benzene rings is 1. The molecule has 0 atom stereocenters. The van der Waals surface area contributed by atoms with Crippen molar-refractivity contribution in [1.82, 2.24) is 4.98 Å². The summed E-state index contributed by atoms with van der Waals surface area (Å²) < 4.78 is 5.74. The average molecular weight is 271 g/mol. The molecule has 20 heavy (non-hydrogen) atoms. The summed E-state index contributed by atoms with van der Waals surface area (Å²) in [6, 6.07) is 9.87. The molecule has 0 aliphatic rings. The third-order valence-electron chi connectivity index (χ3n) is 3.52. The van der Waals surface area contributed by atoms with Crippen LogP contribution in [0.2, 0.25) is 0 Å². The number of amidine groups is 1. The second-order valence-corrected chi connectivity index (χ2v) is 5.61. The number of nitrogens with zero attached hydrogens (tertiary/aromatic N) is 1. The van der Waals surface area contributed by atoms with Gasteiger partial charge < -0.3 is 10.5 Å². The van der Waals surface area contributed by atoms with Gasteiger partial charge in [0.15, 0.2) is 0 Å². The second-order valence-electron chi connectivity index (χ2n) is 5.61. The molecule has 0 fully saturated rings. The maximum atomic E-state index is 7.52. The van der Waals surface area contributed by atoms with E-state index in [2.05, 4.69) is 4.98 Å². The van der Waals surface area contributed by atoms with Crippen molar-refractivity contribution < 1.29 is 4.74 Å². The molecular weight excluding hydrogens is 250 g/mol. The lowest BCUT2D eigenvalue weighted by atomic mass is 9.87. The Morgan fingerprint density at radius 3 is 2.90 bits per heavy atom. The van der Waals surface area contributed by atoms with Crippen LogP contribution in [0, 0.1) is 10.8 Å². The quantitative estimate of drug-likeness (QED) is 0.481. The van der Waals surface area contributed by atoms with Crippen LogP contribution >= 0.6 is 0 Å². The Morgan fingerprint density at radius 1 is 1.35 bits per heavy atom. The molecule has 2 rings (SSSR count). The van der Waals surface area contributed by atoms with E-state index in [1.54, 1.807) is 6.20 Å². The third kappa shape index (κ3) is 3.47. The Balaban J connectivity index is 1.88. The van der Waals surface area contributed by atoms with E-state index in [0.29, 0.717) is 6.61 Å². The highest BCUT2D eigenvalue weighted by Gasteiger charge is 2.20. The predicted octanol–water partition coefficient (Wildman–Crippen LogP) is 3.36. The third-order valence-corrected chi connectivity index (χ3v) is 3.52. The fourth-order valence-electron chi connectivity index (χ4n) is 1.97. The van der Waals surface area contributed by atoms with Gasteiger partial charge in [0, 0.05) is 23.1 Å². The van der Waals surface area contributed by atoms with Crippen molar-refractivity contribution in [3.05, 3.63) is 36.5 Å². The molecule has 0 saturated carbocycles. The van der Waals surface area contributed by atoms with Gasteiger partial charge in [-0.05, 0) is 31.0 Å². The van der Waals surface area contributed by atoms with Crippen LogP contribution in [-0.4, -0.2) is 17.4 Å². The number of aromatic nitrogens is 1. The van der Waals surface area contributed by atoms with Gasteiger partial charge in [0.1, 0.15) is 5.75 Å². The molecule has 0 aliphatic heterocycles. The molecule has 0 unspecified atom stereocenters. The fraction of sp³-hybridized carbons (Fsp3) is 0.375. The molecule has 3 N–H and O–H groups in total. The SMILES string of the molecule is CC(C)(CCCOc1ccc2cccnc2c1)C(=N)N. The van der Waals surface area contributed by atoms with Gasteiger partial charge in [0.25, 0.3) is 0 Å². The van der Waals surface area contributed by atoms with Crippen LogP contribution in [0.1, 0.15) is 26.7 Å². The molecule has 0 aliphatic carbocycles. The molecule has 0 amide bonds. The first-order valence-corrected chi connectivity index (χ1v) is 6.81. The van der Waals surface area contributed by atoms with Crippen molar-refractivity contribution in [2.24, 2.45) is 11.1 Å². The molecule has 0 radical (unpaired) electrons. The smallest absolute Gasteiger partial charge is 0.121 e. The van der Waals surface area contributed by atoms with Gasteiger partial charge in [0.2, 0.25) is 0 Å². The summed E-state index contributed by atoms with van der Waals surface area (Å²) in [6.45, 7) is 4.58. The predicted molar refractivity (Wildman–Crippen MR) is 82.2 cm³/mol. The van der Waals surface area contributed by atoms with Crippen molar-refractivity contribution in [3.8, 4) is 5.75 Å². The number of fused-ring (bicyclic) bond motifs is 1. The maximum absolute atomic E-state index is 7.52. The zero-order valence-electron chi connectivity index (χ0n) is 12.0. The standard InChI is InChI=1S/C16H21N3O/c1-16(2,15(17)18)8-4-10-20-13-7-6-12-5-3-9-19-14(12)11-13/h3,5-7,9,11H,4,8,10H2,1-2H3,(H3,17,18). The number of nitrogens with two attached hydrogens (primary N) is 1. The number of hydrogen-bond acceptors (Lipinski definition) is 3. The average Bonchev–Trinajstić information content (AvgIpc) is 2.43. The number of pyridine rings is 1. The lowest BCUT2D eigenvalue weighted by Gasteiger charge is -2.22. The lowest BCUT2D eigenvalue weighted by Crippen LogP contribution is -2.31. The van der Waals surface area contributed by atoms with Crippen LogP contribution in [0.15, 0.2) is 36.5 Å². The van der Waals surface area contributed by atoms with Crippen LogP contribution in [0.3, 0.4) is 0 Å². The van der Waals surface area contributed by atoms with E-state index in [-0.39, 0.29) is 11.3 Å². The van der Waals surface area contributed by atoms with Crippen molar-refractivity contribution in [2.45, 2.75) is 26.7 Å². The van der Waals surface area contributed by atoms with Crippen LogP contribution in [0.25, 0.3) is 10.9 Å². The Kier molecular flexibility index (Phi) is 4.23. The molecule has 1 aromatic carbocycles. The maximum Gasteiger partial charge on any atom is 0.121 e. The Morgan fingerprint density at radius 2 is 2.15 bits per heavy atom. The van der Waals surface area contributed by atoms with Gasteiger partial charge in [-0.1, -0.05) is 19.9 Å². The Bertz CT molecular complexity index is 607. The van der Waals surface area contributed by atoms with Crippen molar-refractivity contribution >= 4 is 16.7 Å². The van der Waals surface area contributed by atoms with E-state index in [0.717, 1.165) is 29.5 Å². The molecule has 106 valence electrons. The number of rotatable bonds is 6. The monoisotopic (exact) mass is 271 g/mol. The van der Waals surface area contributed by atoms with E-state index < -0.39 is 0 Å². The molecule has 1 heterocycles. The molecule has 2 aromatic rings. The number of nitrogens with one attached hydrogen (secondary N) is 1. The summed E-state index contributed by atoms with van der Waals surface area (Å²) in [5, 5.41) is 8.62. The van der Waals surface area contributed by atoms with Crippen molar-refractivity contribution in [1.29, 1.82) is 5.41 Å². The van der Waals surface area contributed by atoms with E-state index in [1.165, 1.54) is 0 Å². The zero-order valence-corrected chi connectivity index (χ0v) is 12.0. The number of ether oxygens (including phenoxy) is 1. The minimum atomic E-state index is -0.256. The van der Waals surface area contributed by atoms with E-state index in [1.807, 2.05) is 44.2 Å². The van der Waals surface area contributed by atoms with E-state index in [9.17, 15) is 0 Å². The van der Waals surface area contributed by atoms with Gasteiger partial charge in [-0.3, -0.25) is 10.4 Å².